The van der Waals surface area contributed by atoms with E-state index >= 15 is 0 Å². The van der Waals surface area contributed by atoms with Crippen molar-refractivity contribution in [3.8, 4) is 5.75 Å². The monoisotopic (exact) mass is 309 g/mol. The topological polar surface area (TPSA) is 38.3 Å². The highest BCUT2D eigenvalue weighted by Crippen LogP contribution is 2.25. The van der Waals surface area contributed by atoms with Crippen LogP contribution in [0.25, 0.3) is 0 Å². The van der Waals surface area contributed by atoms with Gasteiger partial charge in [-0.2, -0.15) is 0 Å². The molecule has 1 amide bonds. The maximum absolute atomic E-state index is 11.8. The van der Waals surface area contributed by atoms with Gasteiger partial charge in [0.2, 0.25) is 0 Å². The lowest BCUT2D eigenvalue weighted by Crippen LogP contribution is -2.20. The van der Waals surface area contributed by atoms with Crippen LogP contribution in [-0.2, 0) is 4.79 Å². The summed E-state index contributed by atoms with van der Waals surface area (Å²) in [5.41, 5.74) is 1.68. The Morgan fingerprint density at radius 2 is 1.85 bits per heavy atom. The molecule has 0 heterocycles. The van der Waals surface area contributed by atoms with E-state index in [1.807, 2.05) is 13.0 Å². The molecule has 3 nitrogen and oxygen atoms in total. The maximum atomic E-state index is 11.8. The number of nitrogens with one attached hydrogen (secondary N) is 1. The fourth-order valence-corrected chi connectivity index (χ4v) is 1.89. The molecule has 5 heteroatoms. The number of hydrogen-bond acceptors (Lipinski definition) is 2. The van der Waals surface area contributed by atoms with E-state index < -0.39 is 0 Å². The summed E-state index contributed by atoms with van der Waals surface area (Å²) in [7, 11) is 0. The quantitative estimate of drug-likeness (QED) is 0.913. The van der Waals surface area contributed by atoms with Gasteiger partial charge < -0.3 is 10.1 Å². The number of benzene rings is 2. The summed E-state index contributed by atoms with van der Waals surface area (Å²) in [6.07, 6.45) is 0. The molecule has 20 heavy (non-hydrogen) atoms. The number of aryl methyl sites for hydroxylation is 1. The fourth-order valence-electron chi connectivity index (χ4n) is 1.59. The third-order valence-corrected chi connectivity index (χ3v) is 3.14. The number of rotatable bonds is 4. The Bertz CT molecular complexity index is 612. The smallest absolute Gasteiger partial charge is 0.262 e. The van der Waals surface area contributed by atoms with E-state index in [4.69, 9.17) is 27.9 Å². The molecule has 0 aliphatic heterocycles. The molecule has 0 aliphatic rings. The molecule has 2 rings (SSSR count). The number of hydrogen-bond donors (Lipinski definition) is 1. The van der Waals surface area contributed by atoms with Crippen molar-refractivity contribution in [3.63, 3.8) is 0 Å². The summed E-state index contributed by atoms with van der Waals surface area (Å²) in [6, 6.07) is 12.3. The van der Waals surface area contributed by atoms with Gasteiger partial charge in [0.15, 0.2) is 6.61 Å². The van der Waals surface area contributed by atoms with Crippen LogP contribution in [0.2, 0.25) is 10.0 Å². The van der Waals surface area contributed by atoms with Gasteiger partial charge in [-0.05, 0) is 48.9 Å². The highest BCUT2D eigenvalue weighted by atomic mass is 35.5. The summed E-state index contributed by atoms with van der Waals surface area (Å²) >= 11 is 11.8. The molecule has 2 aromatic rings. The van der Waals surface area contributed by atoms with Gasteiger partial charge >= 0.3 is 0 Å². The number of carbonyl (C=O) groups excluding carboxylic acids is 1. The first-order chi connectivity index (χ1) is 9.54. The van der Waals surface area contributed by atoms with Crippen molar-refractivity contribution < 1.29 is 9.53 Å². The standard InChI is InChI=1S/C15H13Cl2NO2/c1-10-2-7-13(17)14(8-10)20-9-15(19)18-12-5-3-11(16)4-6-12/h2-8H,9H2,1H3,(H,18,19). The van der Waals surface area contributed by atoms with Crippen LogP contribution in [0.4, 0.5) is 5.69 Å². The van der Waals surface area contributed by atoms with Gasteiger partial charge in [-0.15, -0.1) is 0 Å². The van der Waals surface area contributed by atoms with E-state index in [1.165, 1.54) is 0 Å². The first-order valence-corrected chi connectivity index (χ1v) is 6.74. The van der Waals surface area contributed by atoms with Gasteiger partial charge in [-0.1, -0.05) is 29.3 Å². The average Bonchev–Trinajstić information content (AvgIpc) is 2.42. The van der Waals surface area contributed by atoms with Crippen LogP contribution in [0.1, 0.15) is 5.56 Å². The first-order valence-electron chi connectivity index (χ1n) is 5.99. The predicted octanol–water partition coefficient (Wildman–Crippen LogP) is 4.32. The summed E-state index contributed by atoms with van der Waals surface area (Å²) in [5, 5.41) is 3.81. The lowest BCUT2D eigenvalue weighted by Gasteiger charge is -2.09. The van der Waals surface area contributed by atoms with E-state index in [9.17, 15) is 4.79 Å². The SMILES string of the molecule is Cc1ccc(Cl)c(OCC(=O)Nc2ccc(Cl)cc2)c1. The predicted molar refractivity (Wildman–Crippen MR) is 81.8 cm³/mol. The largest absolute Gasteiger partial charge is 0.482 e. The number of ether oxygens (including phenoxy) is 1. The van der Waals surface area contributed by atoms with Crippen LogP contribution in [0.5, 0.6) is 5.75 Å². The second-order valence-corrected chi connectivity index (χ2v) is 5.12. The minimum absolute atomic E-state index is 0.105. The third kappa shape index (κ3) is 4.15. The molecular formula is C15H13Cl2NO2. The van der Waals surface area contributed by atoms with Crippen molar-refractivity contribution in [2.75, 3.05) is 11.9 Å². The Morgan fingerprint density at radius 1 is 1.15 bits per heavy atom. The van der Waals surface area contributed by atoms with Crippen molar-refractivity contribution in [2.24, 2.45) is 0 Å². The molecule has 0 unspecified atom stereocenters. The molecule has 0 saturated carbocycles. The molecule has 0 atom stereocenters. The summed E-state index contributed by atoms with van der Waals surface area (Å²) in [5.74, 6) is 0.239. The van der Waals surface area contributed by atoms with Crippen molar-refractivity contribution in [2.45, 2.75) is 6.92 Å². The molecule has 0 fully saturated rings. The highest BCUT2D eigenvalue weighted by Gasteiger charge is 2.06. The molecule has 0 aromatic heterocycles. The van der Waals surface area contributed by atoms with Crippen LogP contribution >= 0.6 is 23.2 Å². The zero-order valence-corrected chi connectivity index (χ0v) is 12.3. The number of anilines is 1. The lowest BCUT2D eigenvalue weighted by molar-refractivity contribution is -0.118. The Balaban J connectivity index is 1.92. The van der Waals surface area contributed by atoms with Crippen molar-refractivity contribution in [1.82, 2.24) is 0 Å². The second-order valence-electron chi connectivity index (χ2n) is 4.28. The number of amides is 1. The fraction of sp³-hybridized carbons (Fsp3) is 0.133. The Morgan fingerprint density at radius 3 is 2.55 bits per heavy atom. The maximum Gasteiger partial charge on any atom is 0.262 e. The summed E-state index contributed by atoms with van der Waals surface area (Å²) < 4.78 is 5.41. The highest BCUT2D eigenvalue weighted by molar-refractivity contribution is 6.32. The van der Waals surface area contributed by atoms with Crippen LogP contribution in [-0.4, -0.2) is 12.5 Å². The summed E-state index contributed by atoms with van der Waals surface area (Å²) in [4.78, 5) is 11.8. The molecular weight excluding hydrogens is 297 g/mol. The van der Waals surface area contributed by atoms with Crippen molar-refractivity contribution in [1.29, 1.82) is 0 Å². The minimum atomic E-state index is -0.259. The average molecular weight is 310 g/mol. The number of halogens is 2. The molecule has 0 bridgehead atoms. The van der Waals surface area contributed by atoms with Gasteiger partial charge in [0.1, 0.15) is 5.75 Å². The Hall–Kier alpha value is -1.71. The van der Waals surface area contributed by atoms with Gasteiger partial charge in [0, 0.05) is 10.7 Å². The van der Waals surface area contributed by atoms with Crippen LogP contribution < -0.4 is 10.1 Å². The van der Waals surface area contributed by atoms with E-state index in [2.05, 4.69) is 5.32 Å². The van der Waals surface area contributed by atoms with Crippen LogP contribution in [0.3, 0.4) is 0 Å². The Labute approximate surface area is 127 Å². The second kappa shape index (κ2) is 6.64. The minimum Gasteiger partial charge on any atom is -0.482 e. The molecule has 0 radical (unpaired) electrons. The van der Waals surface area contributed by atoms with E-state index in [-0.39, 0.29) is 12.5 Å². The van der Waals surface area contributed by atoms with E-state index in [1.54, 1.807) is 36.4 Å². The van der Waals surface area contributed by atoms with Crippen LogP contribution in [0.15, 0.2) is 42.5 Å². The van der Waals surface area contributed by atoms with E-state index in [0.29, 0.717) is 21.5 Å². The van der Waals surface area contributed by atoms with Crippen molar-refractivity contribution in [3.05, 3.63) is 58.1 Å². The summed E-state index contributed by atoms with van der Waals surface area (Å²) in [6.45, 7) is 1.82. The first kappa shape index (κ1) is 14.7. The molecule has 0 aliphatic carbocycles. The van der Waals surface area contributed by atoms with Crippen LogP contribution in [0, 0.1) is 6.92 Å². The van der Waals surface area contributed by atoms with Gasteiger partial charge in [0.25, 0.3) is 5.91 Å². The Kier molecular flexibility index (Phi) is 4.88. The molecule has 1 N–H and O–H groups in total. The zero-order chi connectivity index (χ0) is 14.5. The molecule has 0 spiro atoms. The van der Waals surface area contributed by atoms with Crippen molar-refractivity contribution >= 4 is 34.8 Å². The van der Waals surface area contributed by atoms with Gasteiger partial charge in [-0.3, -0.25) is 4.79 Å². The molecule has 0 saturated heterocycles. The normalized spacial score (nSPS) is 10.2. The zero-order valence-electron chi connectivity index (χ0n) is 10.8. The number of carbonyl (C=O) groups is 1. The van der Waals surface area contributed by atoms with Gasteiger partial charge in [-0.25, -0.2) is 0 Å². The van der Waals surface area contributed by atoms with Gasteiger partial charge in [0.05, 0.1) is 5.02 Å². The van der Waals surface area contributed by atoms with E-state index in [0.717, 1.165) is 5.56 Å². The lowest BCUT2D eigenvalue weighted by atomic mass is 10.2. The third-order valence-electron chi connectivity index (χ3n) is 2.57. The molecule has 2 aromatic carbocycles. The molecule has 104 valence electrons.